The lowest BCUT2D eigenvalue weighted by Gasteiger charge is -2.21. The summed E-state index contributed by atoms with van der Waals surface area (Å²) in [5.41, 5.74) is 12.7. The van der Waals surface area contributed by atoms with Crippen molar-refractivity contribution in [3.63, 3.8) is 0 Å². The van der Waals surface area contributed by atoms with Crippen LogP contribution in [0.1, 0.15) is 53.5 Å². The predicted octanol–water partition coefficient (Wildman–Crippen LogP) is 4.72. The summed E-state index contributed by atoms with van der Waals surface area (Å²) in [4.78, 5) is 0. The molecule has 2 nitrogen and oxygen atoms in total. The van der Waals surface area contributed by atoms with Crippen molar-refractivity contribution >= 4 is 0 Å². The molecule has 1 atom stereocenters. The Balaban J connectivity index is 2.40. The largest absolute Gasteiger partial charge is 0.496 e. The molecule has 0 aliphatic rings. The van der Waals surface area contributed by atoms with Crippen LogP contribution in [0, 0.1) is 13.8 Å². The summed E-state index contributed by atoms with van der Waals surface area (Å²) in [6.07, 6.45) is 0.946. The van der Waals surface area contributed by atoms with E-state index >= 15 is 0 Å². The number of methoxy groups -OCH3 is 1. The van der Waals surface area contributed by atoms with E-state index in [9.17, 15) is 0 Å². The van der Waals surface area contributed by atoms with Crippen LogP contribution in [0.4, 0.5) is 0 Å². The van der Waals surface area contributed by atoms with Gasteiger partial charge in [0.25, 0.3) is 0 Å². The fraction of sp³-hybridized carbons (Fsp3) is 0.429. The first-order valence-corrected chi connectivity index (χ1v) is 8.40. The maximum Gasteiger partial charge on any atom is 0.122 e. The molecule has 2 N–H and O–H groups in total. The first kappa shape index (κ1) is 17.6. The minimum atomic E-state index is 0.268. The Labute approximate surface area is 140 Å². The molecule has 124 valence electrons. The molecule has 2 aromatic carbocycles. The van der Waals surface area contributed by atoms with Crippen molar-refractivity contribution in [2.24, 2.45) is 5.73 Å². The van der Waals surface area contributed by atoms with Gasteiger partial charge in [0.15, 0.2) is 0 Å². The van der Waals surface area contributed by atoms with Crippen molar-refractivity contribution in [2.75, 3.05) is 13.7 Å². The van der Waals surface area contributed by atoms with E-state index in [2.05, 4.69) is 64.1 Å². The summed E-state index contributed by atoms with van der Waals surface area (Å²) >= 11 is 0. The van der Waals surface area contributed by atoms with Crippen LogP contribution in [0.3, 0.4) is 0 Å². The molecule has 23 heavy (non-hydrogen) atoms. The van der Waals surface area contributed by atoms with E-state index < -0.39 is 0 Å². The monoisotopic (exact) mass is 311 g/mol. The number of aryl methyl sites for hydroxylation is 2. The van der Waals surface area contributed by atoms with Crippen LogP contribution in [0.15, 0.2) is 36.4 Å². The molecule has 0 saturated carbocycles. The molecule has 0 saturated heterocycles. The van der Waals surface area contributed by atoms with Crippen LogP contribution in [0.5, 0.6) is 5.75 Å². The number of rotatable bonds is 6. The third-order valence-corrected chi connectivity index (χ3v) is 4.62. The SMILES string of the molecule is COc1ccc(C(C)C)cc1C(CN)Cc1cc(C)ccc1C. The van der Waals surface area contributed by atoms with Crippen molar-refractivity contribution in [3.8, 4) is 5.75 Å². The van der Waals surface area contributed by atoms with E-state index in [4.69, 9.17) is 10.5 Å². The van der Waals surface area contributed by atoms with Crippen LogP contribution >= 0.6 is 0 Å². The van der Waals surface area contributed by atoms with Gasteiger partial charge in [-0.1, -0.05) is 49.7 Å². The van der Waals surface area contributed by atoms with E-state index in [1.807, 2.05) is 0 Å². The smallest absolute Gasteiger partial charge is 0.122 e. The molecular formula is C21H29NO. The molecule has 0 aliphatic heterocycles. The van der Waals surface area contributed by atoms with Gasteiger partial charge in [-0.15, -0.1) is 0 Å². The molecule has 2 aromatic rings. The average Bonchev–Trinajstić information content (AvgIpc) is 2.55. The lowest BCUT2D eigenvalue weighted by atomic mass is 9.87. The highest BCUT2D eigenvalue weighted by atomic mass is 16.5. The van der Waals surface area contributed by atoms with Crippen LogP contribution < -0.4 is 10.5 Å². The molecule has 0 aliphatic carbocycles. The molecule has 2 heteroatoms. The zero-order chi connectivity index (χ0) is 17.0. The fourth-order valence-electron chi connectivity index (χ4n) is 3.04. The zero-order valence-corrected chi connectivity index (χ0v) is 15.0. The minimum Gasteiger partial charge on any atom is -0.496 e. The van der Waals surface area contributed by atoms with Gasteiger partial charge in [0.2, 0.25) is 0 Å². The lowest BCUT2D eigenvalue weighted by molar-refractivity contribution is 0.405. The van der Waals surface area contributed by atoms with Crippen molar-refractivity contribution < 1.29 is 4.74 Å². The minimum absolute atomic E-state index is 0.268. The Hall–Kier alpha value is -1.80. The molecule has 1 unspecified atom stereocenters. The second kappa shape index (κ2) is 7.65. The second-order valence-electron chi connectivity index (χ2n) is 6.72. The summed E-state index contributed by atoms with van der Waals surface area (Å²) in [6, 6.07) is 13.1. The van der Waals surface area contributed by atoms with Gasteiger partial charge in [-0.05, 0) is 61.1 Å². The van der Waals surface area contributed by atoms with Gasteiger partial charge in [-0.2, -0.15) is 0 Å². The number of hydrogen-bond acceptors (Lipinski definition) is 2. The topological polar surface area (TPSA) is 35.2 Å². The molecular weight excluding hydrogens is 282 g/mol. The highest BCUT2D eigenvalue weighted by Gasteiger charge is 2.18. The first-order chi connectivity index (χ1) is 11.0. The quantitative estimate of drug-likeness (QED) is 0.837. The third kappa shape index (κ3) is 4.14. The van der Waals surface area contributed by atoms with Crippen LogP contribution in [0.2, 0.25) is 0 Å². The van der Waals surface area contributed by atoms with Gasteiger partial charge >= 0.3 is 0 Å². The second-order valence-corrected chi connectivity index (χ2v) is 6.72. The molecule has 0 bridgehead atoms. The summed E-state index contributed by atoms with van der Waals surface area (Å²) in [6.45, 7) is 9.36. The standard InChI is InChI=1S/C21H29NO/c1-14(2)17-8-9-21(23-5)20(12-17)19(13-22)11-18-10-15(3)6-7-16(18)4/h6-10,12,14,19H,11,13,22H2,1-5H3. The van der Waals surface area contributed by atoms with Crippen LogP contribution in [-0.4, -0.2) is 13.7 Å². The van der Waals surface area contributed by atoms with Gasteiger partial charge in [0.1, 0.15) is 5.75 Å². The Morgan fingerprint density at radius 2 is 1.78 bits per heavy atom. The molecule has 0 fully saturated rings. The van der Waals surface area contributed by atoms with E-state index in [-0.39, 0.29) is 5.92 Å². The highest BCUT2D eigenvalue weighted by Crippen LogP contribution is 2.32. The fourth-order valence-corrected chi connectivity index (χ4v) is 3.04. The van der Waals surface area contributed by atoms with Crippen LogP contribution in [-0.2, 0) is 6.42 Å². The van der Waals surface area contributed by atoms with Gasteiger partial charge in [-0.25, -0.2) is 0 Å². The van der Waals surface area contributed by atoms with Crippen molar-refractivity contribution in [1.82, 2.24) is 0 Å². The van der Waals surface area contributed by atoms with E-state index in [1.54, 1.807) is 7.11 Å². The summed E-state index contributed by atoms with van der Waals surface area (Å²) in [7, 11) is 1.74. The Kier molecular flexibility index (Phi) is 5.84. The van der Waals surface area contributed by atoms with Crippen molar-refractivity contribution in [2.45, 2.75) is 46.0 Å². The lowest BCUT2D eigenvalue weighted by Crippen LogP contribution is -2.17. The highest BCUT2D eigenvalue weighted by molar-refractivity contribution is 5.42. The number of ether oxygens (including phenoxy) is 1. The maximum absolute atomic E-state index is 6.13. The Bertz CT molecular complexity index is 661. The van der Waals surface area contributed by atoms with E-state index in [0.29, 0.717) is 12.5 Å². The normalized spacial score (nSPS) is 12.5. The number of nitrogens with two attached hydrogens (primary N) is 1. The average molecular weight is 311 g/mol. The molecule has 0 amide bonds. The van der Waals surface area contributed by atoms with Gasteiger partial charge in [0.05, 0.1) is 7.11 Å². The third-order valence-electron chi connectivity index (χ3n) is 4.62. The van der Waals surface area contributed by atoms with Gasteiger partial charge in [-0.3, -0.25) is 0 Å². The van der Waals surface area contributed by atoms with Gasteiger partial charge in [0, 0.05) is 5.92 Å². The zero-order valence-electron chi connectivity index (χ0n) is 15.0. The molecule has 2 rings (SSSR count). The van der Waals surface area contributed by atoms with Crippen LogP contribution in [0.25, 0.3) is 0 Å². The summed E-state index contributed by atoms with van der Waals surface area (Å²) in [5, 5.41) is 0. The molecule has 0 radical (unpaired) electrons. The van der Waals surface area contributed by atoms with Crippen molar-refractivity contribution in [3.05, 3.63) is 64.2 Å². The maximum atomic E-state index is 6.13. The van der Waals surface area contributed by atoms with E-state index in [1.165, 1.54) is 27.8 Å². The summed E-state index contributed by atoms with van der Waals surface area (Å²) < 4.78 is 5.60. The summed E-state index contributed by atoms with van der Waals surface area (Å²) in [5.74, 6) is 1.71. The molecule has 0 spiro atoms. The predicted molar refractivity (Wildman–Crippen MR) is 98.5 cm³/mol. The number of hydrogen-bond donors (Lipinski definition) is 1. The molecule has 0 heterocycles. The first-order valence-electron chi connectivity index (χ1n) is 8.40. The van der Waals surface area contributed by atoms with Crippen molar-refractivity contribution in [1.29, 1.82) is 0 Å². The van der Waals surface area contributed by atoms with Gasteiger partial charge < -0.3 is 10.5 Å². The Morgan fingerprint density at radius 1 is 1.04 bits per heavy atom. The van der Waals surface area contributed by atoms with E-state index in [0.717, 1.165) is 12.2 Å². The Morgan fingerprint density at radius 3 is 2.39 bits per heavy atom. The molecule has 0 aromatic heterocycles. The number of benzene rings is 2.